The summed E-state index contributed by atoms with van der Waals surface area (Å²) in [5.74, 6) is -1.19. The van der Waals surface area contributed by atoms with E-state index in [0.29, 0.717) is 17.8 Å². The summed E-state index contributed by atoms with van der Waals surface area (Å²) in [6.07, 6.45) is 2.69. The monoisotopic (exact) mass is 284 g/mol. The van der Waals surface area contributed by atoms with Crippen molar-refractivity contribution >= 4 is 11.8 Å². The van der Waals surface area contributed by atoms with Crippen molar-refractivity contribution in [3.63, 3.8) is 0 Å². The van der Waals surface area contributed by atoms with Gasteiger partial charge in [-0.2, -0.15) is 0 Å². The molecule has 0 aliphatic carbocycles. The van der Waals surface area contributed by atoms with E-state index < -0.39 is 5.97 Å². The topological polar surface area (TPSA) is 80.2 Å². The molecule has 108 valence electrons. The Hall–Kier alpha value is -2.56. The minimum atomic E-state index is -1.22. The zero-order valence-electron chi connectivity index (χ0n) is 12.0. The van der Waals surface area contributed by atoms with Gasteiger partial charge in [-0.25, -0.2) is 14.8 Å². The number of carboxylic acids is 1. The second-order valence-corrected chi connectivity index (χ2v) is 4.59. The molecule has 5 heteroatoms. The third-order valence-corrected chi connectivity index (χ3v) is 3.23. The Bertz CT molecular complexity index is 678. The zero-order chi connectivity index (χ0) is 15.4. The number of carbonyl (C=O) groups excluding carboxylic acids is 1. The van der Waals surface area contributed by atoms with Gasteiger partial charge >= 0.3 is 5.97 Å². The molecule has 0 atom stereocenters. The van der Waals surface area contributed by atoms with Crippen LogP contribution >= 0.6 is 0 Å². The fourth-order valence-electron chi connectivity index (χ4n) is 1.97. The molecule has 0 spiro atoms. The molecule has 2 rings (SSSR count). The van der Waals surface area contributed by atoms with Crippen LogP contribution in [0.25, 0.3) is 0 Å². The van der Waals surface area contributed by atoms with E-state index in [1.165, 1.54) is 6.20 Å². The van der Waals surface area contributed by atoms with E-state index in [-0.39, 0.29) is 17.0 Å². The molecule has 1 aromatic carbocycles. The molecular formula is C16H16N2O3. The van der Waals surface area contributed by atoms with Crippen LogP contribution in [0.5, 0.6) is 0 Å². The first-order valence-corrected chi connectivity index (χ1v) is 6.79. The second-order valence-electron chi connectivity index (χ2n) is 4.59. The third kappa shape index (κ3) is 3.13. The van der Waals surface area contributed by atoms with E-state index in [1.807, 2.05) is 26.0 Å². The average Bonchev–Trinajstić information content (AvgIpc) is 2.53. The molecule has 0 fully saturated rings. The Morgan fingerprint density at radius 3 is 2.29 bits per heavy atom. The summed E-state index contributed by atoms with van der Waals surface area (Å²) in [6, 6.07) is 7.10. The van der Waals surface area contributed by atoms with Crippen LogP contribution in [0.15, 0.2) is 30.5 Å². The Morgan fingerprint density at radius 1 is 1.10 bits per heavy atom. The lowest BCUT2D eigenvalue weighted by molar-refractivity contribution is 0.0685. The molecule has 21 heavy (non-hydrogen) atoms. The largest absolute Gasteiger partial charge is 0.476 e. The predicted molar refractivity (Wildman–Crippen MR) is 77.6 cm³/mol. The second kappa shape index (κ2) is 6.26. The number of ketones is 1. The van der Waals surface area contributed by atoms with Gasteiger partial charge in [0.2, 0.25) is 0 Å². The maximum atomic E-state index is 12.4. The number of aromatic nitrogens is 2. The van der Waals surface area contributed by atoms with Crippen LogP contribution in [-0.2, 0) is 12.8 Å². The number of carboxylic acid groups (broad SMARTS) is 1. The number of carbonyl (C=O) groups is 2. The van der Waals surface area contributed by atoms with Crippen LogP contribution in [0.2, 0.25) is 0 Å². The van der Waals surface area contributed by atoms with Crippen molar-refractivity contribution in [2.75, 3.05) is 0 Å². The van der Waals surface area contributed by atoms with Crippen LogP contribution in [0.4, 0.5) is 0 Å². The zero-order valence-corrected chi connectivity index (χ0v) is 12.0. The normalized spacial score (nSPS) is 10.4. The van der Waals surface area contributed by atoms with Crippen molar-refractivity contribution in [2.45, 2.75) is 26.7 Å². The van der Waals surface area contributed by atoms with Crippen molar-refractivity contribution < 1.29 is 14.7 Å². The number of aryl methyl sites for hydroxylation is 2. The smallest absolute Gasteiger partial charge is 0.355 e. The minimum absolute atomic E-state index is 0.0175. The van der Waals surface area contributed by atoms with Crippen molar-refractivity contribution in [2.24, 2.45) is 0 Å². The van der Waals surface area contributed by atoms with Crippen LogP contribution in [0.1, 0.15) is 51.6 Å². The maximum Gasteiger partial charge on any atom is 0.355 e. The molecule has 5 nitrogen and oxygen atoms in total. The summed E-state index contributed by atoms with van der Waals surface area (Å²) < 4.78 is 0. The van der Waals surface area contributed by atoms with E-state index in [0.717, 1.165) is 12.0 Å². The Balaban J connectivity index is 2.44. The van der Waals surface area contributed by atoms with Crippen molar-refractivity contribution in [3.05, 3.63) is 58.7 Å². The van der Waals surface area contributed by atoms with E-state index in [9.17, 15) is 14.7 Å². The highest BCUT2D eigenvalue weighted by Gasteiger charge is 2.20. The summed E-state index contributed by atoms with van der Waals surface area (Å²) >= 11 is 0. The fourth-order valence-corrected chi connectivity index (χ4v) is 1.97. The molecule has 0 aliphatic rings. The van der Waals surface area contributed by atoms with Crippen LogP contribution in [0, 0.1) is 0 Å². The average molecular weight is 284 g/mol. The standard InChI is InChI=1S/C16H16N2O3/c1-3-10-5-7-11(8-6-10)15(19)12-9-17-13(4-2)18-14(12)16(20)21/h5-9H,3-4H2,1-2H3,(H,20,21). The van der Waals surface area contributed by atoms with Gasteiger partial charge in [-0.1, -0.05) is 38.1 Å². The number of aromatic carboxylic acids is 1. The van der Waals surface area contributed by atoms with Gasteiger partial charge in [0, 0.05) is 18.2 Å². The van der Waals surface area contributed by atoms with Crippen LogP contribution < -0.4 is 0 Å². The van der Waals surface area contributed by atoms with Gasteiger partial charge in [0.25, 0.3) is 0 Å². The lowest BCUT2D eigenvalue weighted by Gasteiger charge is -2.06. The third-order valence-electron chi connectivity index (χ3n) is 3.23. The lowest BCUT2D eigenvalue weighted by atomic mass is 10.0. The highest BCUT2D eigenvalue weighted by Crippen LogP contribution is 2.14. The molecule has 0 bridgehead atoms. The summed E-state index contributed by atoms with van der Waals surface area (Å²) in [6.45, 7) is 3.85. The molecule has 0 amide bonds. The number of hydrogen-bond acceptors (Lipinski definition) is 4. The van der Waals surface area contributed by atoms with Gasteiger partial charge < -0.3 is 5.11 Å². The van der Waals surface area contributed by atoms with Crippen LogP contribution in [0.3, 0.4) is 0 Å². The first-order valence-electron chi connectivity index (χ1n) is 6.79. The molecule has 0 aliphatic heterocycles. The van der Waals surface area contributed by atoms with Gasteiger partial charge in [-0.3, -0.25) is 4.79 Å². The molecular weight excluding hydrogens is 268 g/mol. The summed E-state index contributed by atoms with van der Waals surface area (Å²) in [7, 11) is 0. The Labute approximate surface area is 122 Å². The molecule has 0 saturated carbocycles. The number of rotatable bonds is 5. The summed E-state index contributed by atoms with van der Waals surface area (Å²) in [5, 5.41) is 9.22. The van der Waals surface area contributed by atoms with Gasteiger partial charge in [0.1, 0.15) is 5.82 Å². The number of nitrogens with zero attached hydrogens (tertiary/aromatic N) is 2. The van der Waals surface area contributed by atoms with Gasteiger partial charge in [-0.05, 0) is 12.0 Å². The first-order chi connectivity index (χ1) is 10.1. The fraction of sp³-hybridized carbons (Fsp3) is 0.250. The molecule has 1 heterocycles. The van der Waals surface area contributed by atoms with Crippen LogP contribution in [-0.4, -0.2) is 26.8 Å². The summed E-state index contributed by atoms with van der Waals surface area (Å²) in [5.41, 5.74) is 1.32. The Kier molecular flexibility index (Phi) is 4.42. The highest BCUT2D eigenvalue weighted by atomic mass is 16.4. The Morgan fingerprint density at radius 2 is 1.76 bits per heavy atom. The van der Waals surface area contributed by atoms with E-state index in [2.05, 4.69) is 9.97 Å². The molecule has 1 N–H and O–H groups in total. The first kappa shape index (κ1) is 14.8. The van der Waals surface area contributed by atoms with Crippen molar-refractivity contribution in [1.82, 2.24) is 9.97 Å². The summed E-state index contributed by atoms with van der Waals surface area (Å²) in [4.78, 5) is 31.7. The highest BCUT2D eigenvalue weighted by molar-refractivity contribution is 6.13. The molecule has 0 unspecified atom stereocenters. The molecule has 0 saturated heterocycles. The quantitative estimate of drug-likeness (QED) is 0.853. The maximum absolute atomic E-state index is 12.4. The molecule has 2 aromatic rings. The number of benzene rings is 1. The van der Waals surface area contributed by atoms with Crippen molar-refractivity contribution in [1.29, 1.82) is 0 Å². The lowest BCUT2D eigenvalue weighted by Crippen LogP contribution is -2.14. The SMILES string of the molecule is CCc1ccc(C(=O)c2cnc(CC)nc2C(=O)O)cc1. The van der Waals surface area contributed by atoms with Gasteiger partial charge in [-0.15, -0.1) is 0 Å². The van der Waals surface area contributed by atoms with E-state index in [4.69, 9.17) is 0 Å². The van der Waals surface area contributed by atoms with E-state index in [1.54, 1.807) is 12.1 Å². The minimum Gasteiger partial charge on any atom is -0.476 e. The number of hydrogen-bond donors (Lipinski definition) is 1. The van der Waals surface area contributed by atoms with Crippen molar-refractivity contribution in [3.8, 4) is 0 Å². The molecule has 1 aromatic heterocycles. The van der Waals surface area contributed by atoms with Gasteiger partial charge in [0.15, 0.2) is 11.5 Å². The predicted octanol–water partition coefficient (Wildman–Crippen LogP) is 2.53. The van der Waals surface area contributed by atoms with Gasteiger partial charge in [0.05, 0.1) is 5.56 Å². The van der Waals surface area contributed by atoms with E-state index >= 15 is 0 Å². The molecule has 0 radical (unpaired) electrons.